The number of amides is 1. The lowest BCUT2D eigenvalue weighted by atomic mass is 9.99. The van der Waals surface area contributed by atoms with Gasteiger partial charge < -0.3 is 9.80 Å². The van der Waals surface area contributed by atoms with Gasteiger partial charge in [-0.15, -0.1) is 0 Å². The zero-order valence-electron chi connectivity index (χ0n) is 15.8. The van der Waals surface area contributed by atoms with Crippen molar-refractivity contribution in [1.29, 1.82) is 0 Å². The average molecular weight is 381 g/mol. The van der Waals surface area contributed by atoms with Gasteiger partial charge in [0.2, 0.25) is 5.95 Å². The SMILES string of the molecule is CCC1CCCCN1C(=O)c1cc(C)nc(N(C)C2CCS(=O)(=O)C2)n1. The quantitative estimate of drug-likeness (QED) is 0.792. The van der Waals surface area contributed by atoms with Crippen molar-refractivity contribution in [2.45, 2.75) is 58.0 Å². The van der Waals surface area contributed by atoms with Gasteiger partial charge in [-0.05, 0) is 45.1 Å². The smallest absolute Gasteiger partial charge is 0.272 e. The summed E-state index contributed by atoms with van der Waals surface area (Å²) in [6, 6.07) is 1.86. The monoisotopic (exact) mass is 380 g/mol. The highest BCUT2D eigenvalue weighted by molar-refractivity contribution is 7.91. The Morgan fingerprint density at radius 2 is 2.08 bits per heavy atom. The van der Waals surface area contributed by atoms with E-state index in [9.17, 15) is 13.2 Å². The fraction of sp³-hybridized carbons (Fsp3) is 0.722. The van der Waals surface area contributed by atoms with Gasteiger partial charge in [0.1, 0.15) is 5.69 Å². The van der Waals surface area contributed by atoms with E-state index in [1.165, 1.54) is 0 Å². The van der Waals surface area contributed by atoms with E-state index in [0.717, 1.165) is 37.9 Å². The fourth-order valence-corrected chi connectivity index (χ4v) is 5.68. The Morgan fingerprint density at radius 1 is 1.31 bits per heavy atom. The number of hydrogen-bond donors (Lipinski definition) is 0. The first-order valence-corrected chi connectivity index (χ1v) is 11.2. The maximum absolute atomic E-state index is 13.0. The number of likely N-dealkylation sites (tertiary alicyclic amines) is 1. The predicted molar refractivity (Wildman–Crippen MR) is 101 cm³/mol. The average Bonchev–Trinajstić information content (AvgIpc) is 2.99. The molecule has 2 fully saturated rings. The molecule has 144 valence electrons. The third kappa shape index (κ3) is 4.00. The van der Waals surface area contributed by atoms with Gasteiger partial charge in [-0.2, -0.15) is 0 Å². The lowest BCUT2D eigenvalue weighted by molar-refractivity contribution is 0.0601. The van der Waals surface area contributed by atoms with Gasteiger partial charge in [0.15, 0.2) is 9.84 Å². The minimum atomic E-state index is -2.99. The molecule has 0 radical (unpaired) electrons. The van der Waals surface area contributed by atoms with Crippen LogP contribution in [0, 0.1) is 6.92 Å². The van der Waals surface area contributed by atoms with Crippen LogP contribution in [0.1, 0.15) is 55.2 Å². The summed E-state index contributed by atoms with van der Waals surface area (Å²) in [6.45, 7) is 4.72. The molecule has 0 N–H and O–H groups in total. The van der Waals surface area contributed by atoms with Crippen molar-refractivity contribution >= 4 is 21.7 Å². The molecule has 2 saturated heterocycles. The van der Waals surface area contributed by atoms with Crippen LogP contribution in [0.4, 0.5) is 5.95 Å². The highest BCUT2D eigenvalue weighted by atomic mass is 32.2. The van der Waals surface area contributed by atoms with E-state index in [1.807, 2.05) is 23.8 Å². The Hall–Kier alpha value is -1.70. The number of carbonyl (C=O) groups is 1. The summed E-state index contributed by atoms with van der Waals surface area (Å²) in [5.41, 5.74) is 1.12. The van der Waals surface area contributed by atoms with Crippen molar-refractivity contribution in [2.75, 3.05) is 30.0 Å². The van der Waals surface area contributed by atoms with E-state index < -0.39 is 9.84 Å². The Bertz CT molecular complexity index is 781. The Labute approximate surface area is 155 Å². The third-order valence-corrected chi connectivity index (χ3v) is 7.24. The number of aromatic nitrogens is 2. The molecular formula is C18H28N4O3S. The molecule has 1 amide bonds. The summed E-state index contributed by atoms with van der Waals surface area (Å²) in [5, 5.41) is 0. The molecule has 1 aromatic rings. The Morgan fingerprint density at radius 3 is 2.73 bits per heavy atom. The molecule has 8 heteroatoms. The Kier molecular flexibility index (Phi) is 5.50. The molecule has 2 unspecified atom stereocenters. The molecule has 0 aromatic carbocycles. The lowest BCUT2D eigenvalue weighted by Crippen LogP contribution is -2.44. The molecule has 7 nitrogen and oxygen atoms in total. The second-order valence-electron chi connectivity index (χ2n) is 7.42. The third-order valence-electron chi connectivity index (χ3n) is 5.49. The number of nitrogens with zero attached hydrogens (tertiary/aromatic N) is 4. The molecule has 0 saturated carbocycles. The fourth-order valence-electron chi connectivity index (χ4n) is 3.90. The van der Waals surface area contributed by atoms with Crippen LogP contribution in [0.15, 0.2) is 6.07 Å². The first kappa shape index (κ1) is 19.1. The summed E-state index contributed by atoms with van der Waals surface area (Å²) < 4.78 is 23.5. The molecule has 0 bridgehead atoms. The van der Waals surface area contributed by atoms with Crippen LogP contribution in [-0.2, 0) is 9.84 Å². The highest BCUT2D eigenvalue weighted by Gasteiger charge is 2.33. The van der Waals surface area contributed by atoms with Crippen molar-refractivity contribution < 1.29 is 13.2 Å². The van der Waals surface area contributed by atoms with Crippen molar-refractivity contribution in [1.82, 2.24) is 14.9 Å². The van der Waals surface area contributed by atoms with E-state index in [4.69, 9.17) is 0 Å². The van der Waals surface area contributed by atoms with Crippen LogP contribution < -0.4 is 4.90 Å². The van der Waals surface area contributed by atoms with E-state index in [2.05, 4.69) is 16.9 Å². The molecule has 0 spiro atoms. The zero-order valence-corrected chi connectivity index (χ0v) is 16.6. The molecule has 3 rings (SSSR count). The minimum Gasteiger partial charge on any atom is -0.340 e. The predicted octanol–water partition coefficient (Wildman–Crippen LogP) is 1.81. The van der Waals surface area contributed by atoms with Gasteiger partial charge in [0.05, 0.1) is 11.5 Å². The van der Waals surface area contributed by atoms with Crippen LogP contribution in [0.3, 0.4) is 0 Å². The lowest BCUT2D eigenvalue weighted by Gasteiger charge is -2.35. The number of carbonyl (C=O) groups excluding carboxylic acids is 1. The van der Waals surface area contributed by atoms with E-state index in [1.54, 1.807) is 6.07 Å². The summed E-state index contributed by atoms with van der Waals surface area (Å²) in [7, 11) is -1.18. The summed E-state index contributed by atoms with van der Waals surface area (Å²) in [6.07, 6.45) is 4.75. The van der Waals surface area contributed by atoms with Crippen molar-refractivity contribution in [3.63, 3.8) is 0 Å². The summed E-state index contributed by atoms with van der Waals surface area (Å²) in [4.78, 5) is 25.7. The van der Waals surface area contributed by atoms with Gasteiger partial charge >= 0.3 is 0 Å². The van der Waals surface area contributed by atoms with Gasteiger partial charge in [-0.3, -0.25) is 4.79 Å². The van der Waals surface area contributed by atoms with Crippen LogP contribution >= 0.6 is 0 Å². The van der Waals surface area contributed by atoms with Crippen LogP contribution in [0.5, 0.6) is 0 Å². The zero-order chi connectivity index (χ0) is 18.9. The summed E-state index contributed by atoms with van der Waals surface area (Å²) in [5.74, 6) is 0.705. The highest BCUT2D eigenvalue weighted by Crippen LogP contribution is 2.24. The first-order valence-electron chi connectivity index (χ1n) is 9.40. The number of anilines is 1. The molecule has 0 aliphatic carbocycles. The van der Waals surface area contributed by atoms with E-state index in [-0.39, 0.29) is 29.5 Å². The second-order valence-corrected chi connectivity index (χ2v) is 9.65. The van der Waals surface area contributed by atoms with Crippen molar-refractivity contribution in [3.8, 4) is 0 Å². The minimum absolute atomic E-state index is 0.0456. The number of rotatable bonds is 4. The van der Waals surface area contributed by atoms with Gasteiger partial charge in [0, 0.05) is 31.4 Å². The molecule has 2 aliphatic rings. The molecular weight excluding hydrogens is 352 g/mol. The van der Waals surface area contributed by atoms with Gasteiger partial charge in [-0.1, -0.05) is 6.92 Å². The number of aryl methyl sites for hydroxylation is 1. The number of hydrogen-bond acceptors (Lipinski definition) is 6. The standard InChI is InChI=1S/C18H28N4O3S/c1-4-14-7-5-6-9-22(14)17(23)16-11-13(2)19-18(20-16)21(3)15-8-10-26(24,25)12-15/h11,14-15H,4-10,12H2,1-3H3. The molecule has 26 heavy (non-hydrogen) atoms. The molecule has 3 heterocycles. The van der Waals surface area contributed by atoms with E-state index in [0.29, 0.717) is 18.1 Å². The molecule has 1 aromatic heterocycles. The van der Waals surface area contributed by atoms with Crippen LogP contribution in [-0.4, -0.2) is 66.4 Å². The Balaban J connectivity index is 1.84. The van der Waals surface area contributed by atoms with Gasteiger partial charge in [-0.25, -0.2) is 18.4 Å². The van der Waals surface area contributed by atoms with Gasteiger partial charge in [0.25, 0.3) is 5.91 Å². The summed E-state index contributed by atoms with van der Waals surface area (Å²) >= 11 is 0. The number of sulfone groups is 1. The maximum atomic E-state index is 13.0. The number of piperidine rings is 1. The normalized spacial score (nSPS) is 25.3. The van der Waals surface area contributed by atoms with E-state index >= 15 is 0 Å². The van der Waals surface area contributed by atoms with Crippen molar-refractivity contribution in [2.24, 2.45) is 0 Å². The van der Waals surface area contributed by atoms with Crippen LogP contribution in [0.25, 0.3) is 0 Å². The molecule has 2 aliphatic heterocycles. The second kappa shape index (κ2) is 7.50. The molecule has 2 atom stereocenters. The van der Waals surface area contributed by atoms with Crippen molar-refractivity contribution in [3.05, 3.63) is 17.5 Å². The topological polar surface area (TPSA) is 83.5 Å². The maximum Gasteiger partial charge on any atom is 0.272 e. The van der Waals surface area contributed by atoms with Crippen LogP contribution in [0.2, 0.25) is 0 Å². The largest absolute Gasteiger partial charge is 0.340 e. The first-order chi connectivity index (χ1) is 12.3.